The van der Waals surface area contributed by atoms with E-state index in [1.165, 1.54) is 0 Å². The molecule has 0 radical (unpaired) electrons. The Kier molecular flexibility index (Phi) is 5.55. The Morgan fingerprint density at radius 3 is 2.30 bits per heavy atom. The first kappa shape index (κ1) is 16.0. The summed E-state index contributed by atoms with van der Waals surface area (Å²) in [6.07, 6.45) is 0.367. The molecule has 5 heteroatoms. The van der Waals surface area contributed by atoms with Crippen molar-refractivity contribution in [1.82, 2.24) is 10.6 Å². The van der Waals surface area contributed by atoms with Gasteiger partial charge in [-0.25, -0.2) is 4.79 Å². The van der Waals surface area contributed by atoms with Crippen molar-refractivity contribution in [3.8, 4) is 0 Å². The van der Waals surface area contributed by atoms with E-state index in [-0.39, 0.29) is 24.0 Å². The second kappa shape index (κ2) is 6.93. The van der Waals surface area contributed by atoms with Crippen LogP contribution in [0.25, 0.3) is 0 Å². The quantitative estimate of drug-likeness (QED) is 0.775. The molecule has 0 heterocycles. The van der Waals surface area contributed by atoms with Gasteiger partial charge in [-0.05, 0) is 32.8 Å². The van der Waals surface area contributed by atoms with Crippen molar-refractivity contribution >= 4 is 12.0 Å². The number of nitrogens with one attached hydrogen (secondary N) is 2. The van der Waals surface area contributed by atoms with Crippen molar-refractivity contribution in [2.45, 2.75) is 45.2 Å². The number of carbonyl (C=O) groups is 2. The number of hydrogen-bond acceptors (Lipinski definition) is 2. The van der Waals surface area contributed by atoms with Crippen LogP contribution in [0.3, 0.4) is 0 Å². The lowest BCUT2D eigenvalue weighted by atomic mass is 10.0. The second-order valence-corrected chi connectivity index (χ2v) is 5.74. The molecule has 1 atom stereocenters. The van der Waals surface area contributed by atoms with Gasteiger partial charge in [0, 0.05) is 12.0 Å². The lowest BCUT2D eigenvalue weighted by molar-refractivity contribution is -0.137. The van der Waals surface area contributed by atoms with E-state index in [9.17, 15) is 9.59 Å². The van der Waals surface area contributed by atoms with Gasteiger partial charge < -0.3 is 15.7 Å². The zero-order chi connectivity index (χ0) is 15.2. The number of amides is 2. The molecule has 0 aliphatic rings. The number of benzene rings is 1. The van der Waals surface area contributed by atoms with E-state index in [1.54, 1.807) is 0 Å². The van der Waals surface area contributed by atoms with E-state index < -0.39 is 5.97 Å². The molecule has 0 aliphatic heterocycles. The summed E-state index contributed by atoms with van der Waals surface area (Å²) in [5, 5.41) is 14.4. The Hall–Kier alpha value is -2.04. The van der Waals surface area contributed by atoms with Gasteiger partial charge >= 0.3 is 12.0 Å². The van der Waals surface area contributed by atoms with Gasteiger partial charge in [-0.2, -0.15) is 0 Å². The summed E-state index contributed by atoms with van der Waals surface area (Å²) >= 11 is 0. The Bertz CT molecular complexity index is 452. The summed E-state index contributed by atoms with van der Waals surface area (Å²) in [5.74, 6) is -0.871. The summed E-state index contributed by atoms with van der Waals surface area (Å²) in [7, 11) is 0. The molecule has 0 aliphatic carbocycles. The van der Waals surface area contributed by atoms with Crippen molar-refractivity contribution in [1.29, 1.82) is 0 Å². The molecule has 1 aromatic rings. The maximum Gasteiger partial charge on any atom is 0.315 e. The molecule has 0 spiro atoms. The highest BCUT2D eigenvalue weighted by atomic mass is 16.4. The van der Waals surface area contributed by atoms with E-state index in [0.29, 0.717) is 6.42 Å². The van der Waals surface area contributed by atoms with Crippen LogP contribution in [0.5, 0.6) is 0 Å². The van der Waals surface area contributed by atoms with Crippen LogP contribution in [0.4, 0.5) is 4.79 Å². The molecule has 1 rings (SSSR count). The summed E-state index contributed by atoms with van der Waals surface area (Å²) < 4.78 is 0. The molecule has 110 valence electrons. The third-order valence-corrected chi connectivity index (χ3v) is 2.64. The number of rotatable bonds is 5. The Morgan fingerprint density at radius 2 is 1.80 bits per heavy atom. The largest absolute Gasteiger partial charge is 0.481 e. The molecule has 1 unspecified atom stereocenters. The molecular weight excluding hydrogens is 256 g/mol. The first-order valence-electron chi connectivity index (χ1n) is 6.63. The van der Waals surface area contributed by atoms with Crippen LogP contribution in [0.2, 0.25) is 0 Å². The highest BCUT2D eigenvalue weighted by Crippen LogP contribution is 2.18. The van der Waals surface area contributed by atoms with Crippen LogP contribution in [0.15, 0.2) is 30.3 Å². The van der Waals surface area contributed by atoms with E-state index in [4.69, 9.17) is 5.11 Å². The predicted octanol–water partition coefficient (Wildman–Crippen LogP) is 2.69. The maximum absolute atomic E-state index is 11.9. The maximum atomic E-state index is 11.9. The average molecular weight is 278 g/mol. The van der Waals surface area contributed by atoms with E-state index in [1.807, 2.05) is 51.1 Å². The van der Waals surface area contributed by atoms with Crippen LogP contribution in [0, 0.1) is 0 Å². The monoisotopic (exact) mass is 278 g/mol. The van der Waals surface area contributed by atoms with Crippen LogP contribution < -0.4 is 10.6 Å². The fourth-order valence-corrected chi connectivity index (χ4v) is 1.81. The first-order valence-corrected chi connectivity index (χ1v) is 6.63. The molecule has 2 amide bonds. The minimum Gasteiger partial charge on any atom is -0.481 e. The van der Waals surface area contributed by atoms with Gasteiger partial charge in [0.25, 0.3) is 0 Å². The number of carboxylic acids is 1. The number of carboxylic acid groups (broad SMARTS) is 1. The van der Waals surface area contributed by atoms with Gasteiger partial charge in [-0.15, -0.1) is 0 Å². The average Bonchev–Trinajstić information content (AvgIpc) is 2.33. The number of urea groups is 1. The molecule has 0 aromatic heterocycles. The highest BCUT2D eigenvalue weighted by Gasteiger charge is 2.19. The van der Waals surface area contributed by atoms with Crippen LogP contribution in [-0.4, -0.2) is 22.6 Å². The normalized spacial score (nSPS) is 12.6. The molecular formula is C15H22N2O3. The Morgan fingerprint density at radius 1 is 1.20 bits per heavy atom. The summed E-state index contributed by atoms with van der Waals surface area (Å²) in [4.78, 5) is 22.6. The van der Waals surface area contributed by atoms with Gasteiger partial charge in [-0.1, -0.05) is 30.3 Å². The smallest absolute Gasteiger partial charge is 0.315 e. The predicted molar refractivity (Wildman–Crippen MR) is 77.5 cm³/mol. The second-order valence-electron chi connectivity index (χ2n) is 5.74. The van der Waals surface area contributed by atoms with Gasteiger partial charge in [0.15, 0.2) is 0 Å². The lowest BCUT2D eigenvalue weighted by Crippen LogP contribution is -2.47. The minimum absolute atomic E-state index is 0.00928. The van der Waals surface area contributed by atoms with Gasteiger partial charge in [-0.3, -0.25) is 4.79 Å². The van der Waals surface area contributed by atoms with Crippen LogP contribution in [0.1, 0.15) is 45.2 Å². The van der Waals surface area contributed by atoms with Crippen molar-refractivity contribution in [3.05, 3.63) is 35.9 Å². The fourth-order valence-electron chi connectivity index (χ4n) is 1.81. The minimum atomic E-state index is -0.871. The van der Waals surface area contributed by atoms with Crippen molar-refractivity contribution < 1.29 is 14.7 Å². The van der Waals surface area contributed by atoms with Crippen molar-refractivity contribution in [2.75, 3.05) is 0 Å². The third-order valence-electron chi connectivity index (χ3n) is 2.64. The van der Waals surface area contributed by atoms with E-state index in [2.05, 4.69) is 10.6 Å². The van der Waals surface area contributed by atoms with Crippen LogP contribution >= 0.6 is 0 Å². The SMILES string of the molecule is CC(C)(C)NC(=O)NC(CCC(=O)O)c1ccccc1. The zero-order valence-electron chi connectivity index (χ0n) is 12.1. The molecule has 20 heavy (non-hydrogen) atoms. The van der Waals surface area contributed by atoms with Crippen molar-refractivity contribution in [3.63, 3.8) is 0 Å². The summed E-state index contributed by atoms with van der Waals surface area (Å²) in [5.41, 5.74) is 0.566. The molecule has 0 fully saturated rings. The van der Waals surface area contributed by atoms with Crippen molar-refractivity contribution in [2.24, 2.45) is 0 Å². The third kappa shape index (κ3) is 6.22. The fraction of sp³-hybridized carbons (Fsp3) is 0.467. The van der Waals surface area contributed by atoms with E-state index >= 15 is 0 Å². The van der Waals surface area contributed by atoms with E-state index in [0.717, 1.165) is 5.56 Å². The van der Waals surface area contributed by atoms with Gasteiger partial charge in [0.2, 0.25) is 0 Å². The molecule has 0 bridgehead atoms. The topological polar surface area (TPSA) is 78.4 Å². The Balaban J connectivity index is 2.73. The Labute approximate surface area is 119 Å². The van der Waals surface area contributed by atoms with Crippen LogP contribution in [-0.2, 0) is 4.79 Å². The number of hydrogen-bond donors (Lipinski definition) is 3. The standard InChI is InChI=1S/C15H22N2O3/c1-15(2,3)17-14(20)16-12(9-10-13(18)19)11-7-5-4-6-8-11/h4-8,12H,9-10H2,1-3H3,(H,18,19)(H2,16,17,20). The van der Waals surface area contributed by atoms with Gasteiger partial charge in [0.1, 0.15) is 0 Å². The lowest BCUT2D eigenvalue weighted by Gasteiger charge is -2.24. The molecule has 3 N–H and O–H groups in total. The molecule has 1 aromatic carbocycles. The summed E-state index contributed by atoms with van der Waals surface area (Å²) in [6, 6.07) is 8.77. The van der Waals surface area contributed by atoms with Gasteiger partial charge in [0.05, 0.1) is 6.04 Å². The number of carbonyl (C=O) groups excluding carboxylic acids is 1. The first-order chi connectivity index (χ1) is 9.28. The zero-order valence-corrected chi connectivity index (χ0v) is 12.1. The molecule has 0 saturated carbocycles. The highest BCUT2D eigenvalue weighted by molar-refractivity contribution is 5.75. The summed E-state index contributed by atoms with van der Waals surface area (Å²) in [6.45, 7) is 5.67. The molecule has 0 saturated heterocycles. The number of aliphatic carboxylic acids is 1. The molecule has 5 nitrogen and oxygen atoms in total.